The van der Waals surface area contributed by atoms with Crippen molar-refractivity contribution in [1.82, 2.24) is 9.78 Å². The van der Waals surface area contributed by atoms with Crippen molar-refractivity contribution >= 4 is 5.97 Å². The predicted octanol–water partition coefficient (Wildman–Crippen LogP) is 2.36. The number of rotatable bonds is 3. The van der Waals surface area contributed by atoms with Crippen LogP contribution in [0, 0.1) is 13.8 Å². The van der Waals surface area contributed by atoms with Crippen molar-refractivity contribution < 1.29 is 9.53 Å². The molecule has 0 spiro atoms. The van der Waals surface area contributed by atoms with Gasteiger partial charge in [0.1, 0.15) is 0 Å². The van der Waals surface area contributed by atoms with Gasteiger partial charge in [-0.1, -0.05) is 0 Å². The molecule has 1 aromatic heterocycles. The molecule has 1 heterocycles. The van der Waals surface area contributed by atoms with Gasteiger partial charge in [0.05, 0.1) is 18.7 Å². The van der Waals surface area contributed by atoms with Crippen LogP contribution < -0.4 is 0 Å². The van der Waals surface area contributed by atoms with Crippen LogP contribution in [0.15, 0.2) is 0 Å². The maximum Gasteiger partial charge on any atom is 0.312 e. The second-order valence-electron chi connectivity index (χ2n) is 4.37. The second kappa shape index (κ2) is 4.68. The molecule has 4 nitrogen and oxygen atoms in total. The third-order valence-electron chi connectivity index (χ3n) is 2.86. The first-order chi connectivity index (χ1) is 7.40. The van der Waals surface area contributed by atoms with Crippen molar-refractivity contribution in [3.63, 3.8) is 0 Å². The van der Waals surface area contributed by atoms with Crippen molar-refractivity contribution in [1.29, 1.82) is 0 Å². The first-order valence-corrected chi connectivity index (χ1v) is 5.53. The summed E-state index contributed by atoms with van der Waals surface area (Å²) in [6, 6.07) is 0.303. The van der Waals surface area contributed by atoms with Gasteiger partial charge in [-0.15, -0.1) is 0 Å². The Morgan fingerprint density at radius 3 is 2.25 bits per heavy atom. The van der Waals surface area contributed by atoms with Gasteiger partial charge in [0.15, 0.2) is 0 Å². The van der Waals surface area contributed by atoms with E-state index >= 15 is 0 Å². The topological polar surface area (TPSA) is 44.1 Å². The second-order valence-corrected chi connectivity index (χ2v) is 4.37. The molecule has 0 aliphatic rings. The summed E-state index contributed by atoms with van der Waals surface area (Å²) in [6.45, 7) is 9.93. The minimum atomic E-state index is -0.252. The number of carbonyl (C=O) groups excluding carboxylic acids is 1. The Morgan fingerprint density at radius 2 is 1.88 bits per heavy atom. The highest BCUT2D eigenvalue weighted by Crippen LogP contribution is 2.25. The van der Waals surface area contributed by atoms with Gasteiger partial charge in [0, 0.05) is 17.3 Å². The summed E-state index contributed by atoms with van der Waals surface area (Å²) >= 11 is 0. The number of ether oxygens (including phenoxy) is 1. The van der Waals surface area contributed by atoms with E-state index < -0.39 is 0 Å². The lowest BCUT2D eigenvalue weighted by atomic mass is 9.99. The molecule has 1 atom stereocenters. The average Bonchev–Trinajstić information content (AvgIpc) is 2.52. The van der Waals surface area contributed by atoms with Gasteiger partial charge in [-0.05, 0) is 34.6 Å². The zero-order chi connectivity index (χ0) is 12.5. The van der Waals surface area contributed by atoms with Crippen molar-refractivity contribution in [3.05, 3.63) is 17.0 Å². The number of aryl methyl sites for hydroxylation is 1. The zero-order valence-electron chi connectivity index (χ0n) is 10.9. The summed E-state index contributed by atoms with van der Waals surface area (Å²) in [4.78, 5) is 11.5. The molecule has 0 saturated carbocycles. The Balaban J connectivity index is 3.19. The fourth-order valence-electron chi connectivity index (χ4n) is 2.10. The van der Waals surface area contributed by atoms with Crippen LogP contribution in [0.2, 0.25) is 0 Å². The van der Waals surface area contributed by atoms with E-state index in [1.54, 1.807) is 0 Å². The maximum absolute atomic E-state index is 11.5. The van der Waals surface area contributed by atoms with Crippen LogP contribution in [0.5, 0.6) is 0 Å². The molecule has 0 amide bonds. The smallest absolute Gasteiger partial charge is 0.312 e. The Bertz CT molecular complexity index is 394. The molecular weight excluding hydrogens is 204 g/mol. The standard InChI is InChI=1S/C12H20N2O2/c1-7(2)14-10(5)11(9(4)13-14)8(3)12(15)16-6/h7-8H,1-6H3. The molecule has 0 radical (unpaired) electrons. The summed E-state index contributed by atoms with van der Waals surface area (Å²) in [6.07, 6.45) is 0. The van der Waals surface area contributed by atoms with Crippen LogP contribution >= 0.6 is 0 Å². The average molecular weight is 224 g/mol. The third-order valence-corrected chi connectivity index (χ3v) is 2.86. The van der Waals surface area contributed by atoms with Gasteiger partial charge in [-0.3, -0.25) is 9.48 Å². The molecule has 0 fully saturated rings. The fraction of sp³-hybridized carbons (Fsp3) is 0.667. The first-order valence-electron chi connectivity index (χ1n) is 5.53. The van der Waals surface area contributed by atoms with Gasteiger partial charge >= 0.3 is 5.97 Å². The first kappa shape index (κ1) is 12.7. The van der Waals surface area contributed by atoms with Crippen molar-refractivity contribution in [2.45, 2.75) is 46.6 Å². The molecule has 4 heteroatoms. The lowest BCUT2D eigenvalue weighted by Gasteiger charge is -2.11. The summed E-state index contributed by atoms with van der Waals surface area (Å²) in [7, 11) is 1.41. The van der Waals surface area contributed by atoms with Gasteiger partial charge in [0.2, 0.25) is 0 Å². The Labute approximate surface area is 96.6 Å². The molecular formula is C12H20N2O2. The summed E-state index contributed by atoms with van der Waals surface area (Å²) in [5, 5.41) is 4.46. The number of nitrogens with zero attached hydrogens (tertiary/aromatic N) is 2. The number of methoxy groups -OCH3 is 1. The summed E-state index contributed by atoms with van der Waals surface area (Å²) < 4.78 is 6.72. The Kier molecular flexibility index (Phi) is 3.73. The van der Waals surface area contributed by atoms with E-state index in [1.807, 2.05) is 25.5 Å². The Hall–Kier alpha value is -1.32. The van der Waals surface area contributed by atoms with Crippen LogP contribution in [-0.4, -0.2) is 22.9 Å². The van der Waals surface area contributed by atoms with E-state index in [9.17, 15) is 4.79 Å². The highest BCUT2D eigenvalue weighted by atomic mass is 16.5. The number of hydrogen-bond acceptors (Lipinski definition) is 3. The maximum atomic E-state index is 11.5. The fourth-order valence-corrected chi connectivity index (χ4v) is 2.10. The molecule has 1 rings (SSSR count). The van der Waals surface area contributed by atoms with Crippen LogP contribution in [-0.2, 0) is 9.53 Å². The molecule has 0 bridgehead atoms. The van der Waals surface area contributed by atoms with Crippen LogP contribution in [0.25, 0.3) is 0 Å². The highest BCUT2D eigenvalue weighted by molar-refractivity contribution is 5.78. The van der Waals surface area contributed by atoms with Gasteiger partial charge in [0.25, 0.3) is 0 Å². The molecule has 0 aliphatic heterocycles. The molecule has 90 valence electrons. The largest absolute Gasteiger partial charge is 0.469 e. The highest BCUT2D eigenvalue weighted by Gasteiger charge is 2.24. The molecule has 0 aromatic carbocycles. The van der Waals surface area contributed by atoms with Crippen molar-refractivity contribution in [2.75, 3.05) is 7.11 Å². The zero-order valence-corrected chi connectivity index (χ0v) is 10.9. The van der Waals surface area contributed by atoms with Crippen molar-refractivity contribution in [3.8, 4) is 0 Å². The number of carbonyl (C=O) groups is 1. The van der Waals surface area contributed by atoms with Crippen LogP contribution in [0.4, 0.5) is 0 Å². The number of esters is 1. The Morgan fingerprint density at radius 1 is 1.31 bits per heavy atom. The monoisotopic (exact) mass is 224 g/mol. The van der Waals surface area contributed by atoms with Crippen LogP contribution in [0.1, 0.15) is 49.7 Å². The van der Waals surface area contributed by atoms with Gasteiger partial charge < -0.3 is 4.74 Å². The predicted molar refractivity (Wildman–Crippen MR) is 62.5 cm³/mol. The number of aromatic nitrogens is 2. The van der Waals surface area contributed by atoms with E-state index in [0.717, 1.165) is 17.0 Å². The molecule has 1 unspecified atom stereocenters. The quantitative estimate of drug-likeness (QED) is 0.740. The molecule has 0 aliphatic carbocycles. The van der Waals surface area contributed by atoms with Gasteiger partial charge in [-0.25, -0.2) is 0 Å². The molecule has 0 saturated heterocycles. The van der Waals surface area contributed by atoms with Gasteiger partial charge in [-0.2, -0.15) is 5.10 Å². The van der Waals surface area contributed by atoms with E-state index in [4.69, 9.17) is 4.74 Å². The van der Waals surface area contributed by atoms with E-state index in [0.29, 0.717) is 6.04 Å². The van der Waals surface area contributed by atoms with Crippen LogP contribution in [0.3, 0.4) is 0 Å². The van der Waals surface area contributed by atoms with E-state index in [1.165, 1.54) is 7.11 Å². The number of hydrogen-bond donors (Lipinski definition) is 0. The minimum absolute atomic E-state index is 0.213. The lowest BCUT2D eigenvalue weighted by molar-refractivity contribution is -0.142. The summed E-state index contributed by atoms with van der Waals surface area (Å²) in [5.41, 5.74) is 2.94. The van der Waals surface area contributed by atoms with E-state index in [2.05, 4.69) is 18.9 Å². The minimum Gasteiger partial charge on any atom is -0.469 e. The summed E-state index contributed by atoms with van der Waals surface area (Å²) in [5.74, 6) is -0.466. The van der Waals surface area contributed by atoms with Crippen molar-refractivity contribution in [2.24, 2.45) is 0 Å². The molecule has 0 N–H and O–H groups in total. The lowest BCUT2D eigenvalue weighted by Crippen LogP contribution is -2.13. The molecule has 1 aromatic rings. The van der Waals surface area contributed by atoms with E-state index in [-0.39, 0.29) is 11.9 Å². The SMILES string of the molecule is COC(=O)C(C)c1c(C)nn(C(C)C)c1C. The third kappa shape index (κ3) is 2.10. The normalized spacial score (nSPS) is 12.9. The molecule has 16 heavy (non-hydrogen) atoms.